The second-order valence-electron chi connectivity index (χ2n) is 4.86. The van der Waals surface area contributed by atoms with Crippen molar-refractivity contribution in [1.82, 2.24) is 0 Å². The molecule has 6 nitrogen and oxygen atoms in total. The molecule has 0 aromatic carbocycles. The molecule has 20 heavy (non-hydrogen) atoms. The Kier molecular flexibility index (Phi) is 11.5. The van der Waals surface area contributed by atoms with Crippen LogP contribution in [0.5, 0.6) is 0 Å². The minimum absolute atomic E-state index is 0.0462. The van der Waals surface area contributed by atoms with Gasteiger partial charge in [-0.05, 0) is 19.3 Å². The third kappa shape index (κ3) is 11.5. The van der Waals surface area contributed by atoms with Crippen LogP contribution in [0.2, 0.25) is 0 Å². The number of Topliss-reactive ketones (excluding diaryl/α,β-unsaturated/α-hetero) is 1. The van der Waals surface area contributed by atoms with Crippen molar-refractivity contribution in [2.45, 2.75) is 64.4 Å². The highest BCUT2D eigenvalue weighted by molar-refractivity contribution is 5.79. The highest BCUT2D eigenvalue weighted by atomic mass is 16.5. The number of ketones is 1. The van der Waals surface area contributed by atoms with Crippen LogP contribution in [0.4, 0.5) is 0 Å². The summed E-state index contributed by atoms with van der Waals surface area (Å²) in [4.78, 5) is 26.1. The summed E-state index contributed by atoms with van der Waals surface area (Å²) in [6.07, 6.45) is 6.05. The van der Waals surface area contributed by atoms with Gasteiger partial charge in [-0.15, -0.1) is 0 Å². The maximum absolute atomic E-state index is 11.8. The third-order valence-electron chi connectivity index (χ3n) is 2.99. The number of hydrogen-bond donors (Lipinski definition) is 2. The van der Waals surface area contributed by atoms with Gasteiger partial charge in [-0.2, -0.15) is 0 Å². The van der Waals surface area contributed by atoms with E-state index in [1.807, 2.05) is 0 Å². The zero-order valence-corrected chi connectivity index (χ0v) is 12.3. The van der Waals surface area contributed by atoms with Crippen LogP contribution in [0.3, 0.4) is 0 Å². The van der Waals surface area contributed by atoms with Gasteiger partial charge in [-0.25, -0.2) is 0 Å². The number of rotatable bonds is 13. The van der Waals surface area contributed by atoms with Crippen molar-refractivity contribution in [2.75, 3.05) is 6.54 Å². The molecule has 116 valence electrons. The first-order valence-corrected chi connectivity index (χ1v) is 7.26. The molecule has 0 bridgehead atoms. The fourth-order valence-corrected chi connectivity index (χ4v) is 1.93. The summed E-state index contributed by atoms with van der Waals surface area (Å²) >= 11 is 0. The van der Waals surface area contributed by atoms with Crippen LogP contribution in [0.15, 0.2) is 4.99 Å². The van der Waals surface area contributed by atoms with Crippen molar-refractivity contribution in [3.63, 3.8) is 0 Å². The predicted octanol–water partition coefficient (Wildman–Crippen LogP) is 1.51. The Balaban J connectivity index is 3.90. The second-order valence-corrected chi connectivity index (χ2v) is 4.86. The van der Waals surface area contributed by atoms with E-state index in [-0.39, 0.29) is 24.3 Å². The summed E-state index contributed by atoms with van der Waals surface area (Å²) in [5, 5.41) is 0. The molecule has 0 radical (unpaired) electrons. The SMILES string of the molecule is CCCCCCC(=O)CC(CCCN=C(N)N)OC=O. The highest BCUT2D eigenvalue weighted by Gasteiger charge is 2.14. The van der Waals surface area contributed by atoms with Gasteiger partial charge in [-0.3, -0.25) is 14.6 Å². The number of carbonyl (C=O) groups is 2. The van der Waals surface area contributed by atoms with Gasteiger partial charge in [0.15, 0.2) is 5.96 Å². The van der Waals surface area contributed by atoms with Crippen LogP contribution in [-0.2, 0) is 14.3 Å². The highest BCUT2D eigenvalue weighted by Crippen LogP contribution is 2.11. The predicted molar refractivity (Wildman–Crippen MR) is 79.2 cm³/mol. The molecule has 0 aliphatic heterocycles. The zero-order valence-electron chi connectivity index (χ0n) is 12.3. The molecular weight excluding hydrogens is 258 g/mol. The Labute approximate surface area is 120 Å². The summed E-state index contributed by atoms with van der Waals surface area (Å²) in [5.74, 6) is 0.194. The van der Waals surface area contributed by atoms with Crippen LogP contribution < -0.4 is 11.5 Å². The van der Waals surface area contributed by atoms with Gasteiger partial charge < -0.3 is 16.2 Å². The van der Waals surface area contributed by atoms with E-state index in [1.165, 1.54) is 0 Å². The van der Waals surface area contributed by atoms with Gasteiger partial charge in [0.05, 0.1) is 0 Å². The molecule has 0 aromatic heterocycles. The standard InChI is InChI=1S/C14H27N3O3/c1-2-3-4-5-7-12(19)10-13(20-11-18)8-6-9-17-14(15)16/h11,13H,2-10H2,1H3,(H4,15,16,17). The molecule has 4 N–H and O–H groups in total. The van der Waals surface area contributed by atoms with Crippen molar-refractivity contribution in [3.05, 3.63) is 0 Å². The Hall–Kier alpha value is -1.59. The van der Waals surface area contributed by atoms with Crippen molar-refractivity contribution < 1.29 is 14.3 Å². The number of carbonyl (C=O) groups excluding carboxylic acids is 2. The summed E-state index contributed by atoms with van der Waals surface area (Å²) in [6.45, 7) is 3.01. The topological polar surface area (TPSA) is 108 Å². The summed E-state index contributed by atoms with van der Waals surface area (Å²) in [6, 6.07) is 0. The minimum atomic E-state index is -0.361. The Morgan fingerprint density at radius 2 is 2.00 bits per heavy atom. The van der Waals surface area contributed by atoms with Crippen LogP contribution in [-0.4, -0.2) is 30.9 Å². The van der Waals surface area contributed by atoms with E-state index in [9.17, 15) is 9.59 Å². The first-order chi connectivity index (χ1) is 9.60. The number of nitrogens with two attached hydrogens (primary N) is 2. The normalized spacial score (nSPS) is 11.7. The van der Waals surface area contributed by atoms with Gasteiger partial charge in [0.2, 0.25) is 0 Å². The smallest absolute Gasteiger partial charge is 0.293 e. The van der Waals surface area contributed by atoms with Gasteiger partial charge in [0.25, 0.3) is 6.47 Å². The van der Waals surface area contributed by atoms with Crippen LogP contribution in [0, 0.1) is 0 Å². The quantitative estimate of drug-likeness (QED) is 0.231. The third-order valence-corrected chi connectivity index (χ3v) is 2.99. The van der Waals surface area contributed by atoms with E-state index >= 15 is 0 Å². The molecule has 0 heterocycles. The number of unbranched alkanes of at least 4 members (excludes halogenated alkanes) is 3. The maximum atomic E-state index is 11.8. The summed E-state index contributed by atoms with van der Waals surface area (Å²) < 4.78 is 4.93. The second kappa shape index (κ2) is 12.4. The Morgan fingerprint density at radius 1 is 1.25 bits per heavy atom. The van der Waals surface area contributed by atoms with Crippen LogP contribution in [0.25, 0.3) is 0 Å². The molecule has 0 saturated carbocycles. The zero-order chi connectivity index (χ0) is 15.2. The van der Waals surface area contributed by atoms with Crippen molar-refractivity contribution >= 4 is 18.2 Å². The lowest BCUT2D eigenvalue weighted by atomic mass is 10.0. The monoisotopic (exact) mass is 285 g/mol. The Bertz CT molecular complexity index is 302. The van der Waals surface area contributed by atoms with Gasteiger partial charge in [-0.1, -0.05) is 26.2 Å². The molecule has 0 amide bonds. The molecule has 0 spiro atoms. The molecule has 0 aliphatic rings. The van der Waals surface area contributed by atoms with E-state index in [0.717, 1.165) is 25.7 Å². The number of ether oxygens (including phenoxy) is 1. The maximum Gasteiger partial charge on any atom is 0.293 e. The lowest BCUT2D eigenvalue weighted by Gasteiger charge is -2.13. The van der Waals surface area contributed by atoms with E-state index < -0.39 is 0 Å². The largest absolute Gasteiger partial charge is 0.464 e. The molecule has 0 saturated heterocycles. The number of hydrogen-bond acceptors (Lipinski definition) is 4. The van der Waals surface area contributed by atoms with Gasteiger partial charge in [0, 0.05) is 19.4 Å². The van der Waals surface area contributed by atoms with E-state index in [0.29, 0.717) is 32.3 Å². The summed E-state index contributed by atoms with van der Waals surface area (Å²) in [7, 11) is 0. The lowest BCUT2D eigenvalue weighted by molar-refractivity contribution is -0.136. The molecule has 0 aromatic rings. The van der Waals surface area contributed by atoms with E-state index in [4.69, 9.17) is 16.2 Å². The Morgan fingerprint density at radius 3 is 2.60 bits per heavy atom. The average Bonchev–Trinajstić information content (AvgIpc) is 2.39. The fraction of sp³-hybridized carbons (Fsp3) is 0.786. The van der Waals surface area contributed by atoms with Crippen molar-refractivity contribution in [2.24, 2.45) is 16.5 Å². The number of aliphatic imine (C=N–C) groups is 1. The summed E-state index contributed by atoms with van der Waals surface area (Å²) in [5.41, 5.74) is 10.4. The molecular formula is C14H27N3O3. The van der Waals surface area contributed by atoms with Gasteiger partial charge in [0.1, 0.15) is 11.9 Å². The lowest BCUT2D eigenvalue weighted by Crippen LogP contribution is -2.23. The van der Waals surface area contributed by atoms with Gasteiger partial charge >= 0.3 is 0 Å². The van der Waals surface area contributed by atoms with Crippen molar-refractivity contribution in [3.8, 4) is 0 Å². The van der Waals surface area contributed by atoms with E-state index in [2.05, 4.69) is 11.9 Å². The number of guanidine groups is 1. The average molecular weight is 285 g/mol. The first-order valence-electron chi connectivity index (χ1n) is 7.26. The van der Waals surface area contributed by atoms with Crippen LogP contribution in [0.1, 0.15) is 58.3 Å². The fourth-order valence-electron chi connectivity index (χ4n) is 1.93. The molecule has 0 rings (SSSR count). The van der Waals surface area contributed by atoms with E-state index in [1.54, 1.807) is 0 Å². The molecule has 1 unspecified atom stereocenters. The minimum Gasteiger partial charge on any atom is -0.464 e. The first kappa shape index (κ1) is 18.4. The van der Waals surface area contributed by atoms with Crippen LogP contribution >= 0.6 is 0 Å². The van der Waals surface area contributed by atoms with Crippen molar-refractivity contribution in [1.29, 1.82) is 0 Å². The molecule has 1 atom stereocenters. The molecule has 0 aliphatic carbocycles. The number of nitrogens with zero attached hydrogens (tertiary/aromatic N) is 1. The molecule has 0 fully saturated rings. The molecule has 6 heteroatoms.